The molecule has 0 spiro atoms. The van der Waals surface area contributed by atoms with Crippen LogP contribution in [-0.4, -0.2) is 13.8 Å². The maximum atomic E-state index is 5.63. The molecule has 0 fully saturated rings. The van der Waals surface area contributed by atoms with Crippen LogP contribution in [-0.2, 0) is 0 Å². The van der Waals surface area contributed by atoms with Gasteiger partial charge in [-0.1, -0.05) is 23.8 Å². The Kier molecular flexibility index (Phi) is 5.78. The predicted molar refractivity (Wildman–Crippen MR) is 86.8 cm³/mol. The summed E-state index contributed by atoms with van der Waals surface area (Å²) in [7, 11) is 1.66. The molecule has 0 bridgehead atoms. The molecule has 0 aliphatic heterocycles. The molecule has 2 N–H and O–H groups in total. The minimum atomic E-state index is 0.409. The fourth-order valence-corrected chi connectivity index (χ4v) is 2.01. The van der Waals surface area contributed by atoms with Crippen molar-refractivity contribution in [3.8, 4) is 5.75 Å². The minimum absolute atomic E-state index is 0.409. The van der Waals surface area contributed by atoms with Crippen LogP contribution in [0.5, 0.6) is 5.75 Å². The molecule has 3 heteroatoms. The summed E-state index contributed by atoms with van der Waals surface area (Å²) in [6.45, 7) is 9.64. The third-order valence-electron chi connectivity index (χ3n) is 2.96. The molecule has 1 rings (SSSR count). The van der Waals surface area contributed by atoms with E-state index in [1.54, 1.807) is 13.2 Å². The number of nitrogens with zero attached hydrogens (tertiary/aromatic N) is 1. The first-order valence-corrected chi connectivity index (χ1v) is 6.42. The van der Waals surface area contributed by atoms with Crippen molar-refractivity contribution in [3.05, 3.63) is 58.9 Å². The molecule has 20 heavy (non-hydrogen) atoms. The quantitative estimate of drug-likeness (QED) is 0.651. The first-order valence-electron chi connectivity index (χ1n) is 6.42. The Bertz CT molecular complexity index is 559. The zero-order valence-corrected chi connectivity index (χ0v) is 12.6. The number of hydrogen-bond acceptors (Lipinski definition) is 3. The maximum Gasteiger partial charge on any atom is 0.122 e. The van der Waals surface area contributed by atoms with Crippen molar-refractivity contribution >= 4 is 12.3 Å². The smallest absolute Gasteiger partial charge is 0.122 e. The number of nitrogens with two attached hydrogens (primary N) is 1. The van der Waals surface area contributed by atoms with Gasteiger partial charge in [-0.05, 0) is 62.4 Å². The van der Waals surface area contributed by atoms with Crippen molar-refractivity contribution in [1.29, 1.82) is 0 Å². The van der Waals surface area contributed by atoms with E-state index in [2.05, 4.69) is 44.6 Å². The highest BCUT2D eigenvalue weighted by atomic mass is 16.5. The molecule has 0 radical (unpaired) electrons. The first kappa shape index (κ1) is 15.8. The Morgan fingerprint density at radius 1 is 1.15 bits per heavy atom. The SMILES string of the molecule is C=N/C(N)=C\C=C(/C)C(=C(C)C)c1ccc(OC)cc1. The predicted octanol–water partition coefficient (Wildman–Crippen LogP) is 3.94. The molecule has 1 aromatic rings. The number of allylic oxidation sites excluding steroid dienone is 5. The monoisotopic (exact) mass is 270 g/mol. The summed E-state index contributed by atoms with van der Waals surface area (Å²) in [5.41, 5.74) is 10.3. The van der Waals surface area contributed by atoms with Crippen LogP contribution >= 0.6 is 0 Å². The van der Waals surface area contributed by atoms with E-state index in [0.29, 0.717) is 5.82 Å². The second-order valence-electron chi connectivity index (χ2n) is 4.70. The van der Waals surface area contributed by atoms with Crippen LogP contribution < -0.4 is 10.5 Å². The molecule has 106 valence electrons. The molecule has 0 aliphatic carbocycles. The molecule has 0 amide bonds. The Labute approximate surface area is 121 Å². The lowest BCUT2D eigenvalue weighted by atomic mass is 9.94. The molecule has 0 aromatic heterocycles. The standard InChI is InChI=1S/C17H22N2O/c1-12(2)17(13(3)6-11-16(18)19-4)14-7-9-15(20-5)10-8-14/h6-11H,4,18H2,1-3,5H3/b13-6+,16-11-. The highest BCUT2D eigenvalue weighted by Crippen LogP contribution is 2.28. The molecule has 3 nitrogen and oxygen atoms in total. The Morgan fingerprint density at radius 3 is 2.20 bits per heavy atom. The molecule has 1 aromatic carbocycles. The van der Waals surface area contributed by atoms with Gasteiger partial charge in [-0.15, -0.1) is 0 Å². The normalized spacial score (nSPS) is 12.0. The molecule has 0 heterocycles. The largest absolute Gasteiger partial charge is 0.497 e. The average molecular weight is 270 g/mol. The van der Waals surface area contributed by atoms with Gasteiger partial charge in [-0.3, -0.25) is 0 Å². The third-order valence-corrected chi connectivity index (χ3v) is 2.96. The van der Waals surface area contributed by atoms with Crippen LogP contribution in [0.3, 0.4) is 0 Å². The molecule has 0 saturated carbocycles. The van der Waals surface area contributed by atoms with E-state index in [9.17, 15) is 0 Å². The Hall–Kier alpha value is -2.29. The van der Waals surface area contributed by atoms with Gasteiger partial charge in [0.25, 0.3) is 0 Å². The number of aliphatic imine (C=N–C) groups is 1. The van der Waals surface area contributed by atoms with Crippen molar-refractivity contribution in [2.24, 2.45) is 10.7 Å². The van der Waals surface area contributed by atoms with E-state index in [-0.39, 0.29) is 0 Å². The summed E-state index contributed by atoms with van der Waals surface area (Å²) >= 11 is 0. The van der Waals surface area contributed by atoms with Crippen LogP contribution in [0.15, 0.2) is 58.4 Å². The summed E-state index contributed by atoms with van der Waals surface area (Å²) in [4.78, 5) is 3.67. The second kappa shape index (κ2) is 7.34. The minimum Gasteiger partial charge on any atom is -0.497 e. The molecular formula is C17H22N2O. The van der Waals surface area contributed by atoms with Crippen LogP contribution in [0.1, 0.15) is 26.3 Å². The third kappa shape index (κ3) is 4.12. The summed E-state index contributed by atoms with van der Waals surface area (Å²) in [6, 6.07) is 8.02. The first-order chi connectivity index (χ1) is 9.49. The highest BCUT2D eigenvalue weighted by Gasteiger charge is 2.06. The van der Waals surface area contributed by atoms with Crippen LogP contribution in [0, 0.1) is 0 Å². The highest BCUT2D eigenvalue weighted by molar-refractivity contribution is 5.81. The van der Waals surface area contributed by atoms with Crippen molar-refractivity contribution in [2.75, 3.05) is 7.11 Å². The molecule has 0 atom stereocenters. The number of ether oxygens (including phenoxy) is 1. The zero-order valence-electron chi connectivity index (χ0n) is 12.6. The summed E-state index contributed by atoms with van der Waals surface area (Å²) in [6.07, 6.45) is 3.71. The van der Waals surface area contributed by atoms with E-state index in [1.165, 1.54) is 11.1 Å². The lowest BCUT2D eigenvalue weighted by Gasteiger charge is -2.12. The van der Waals surface area contributed by atoms with Crippen molar-refractivity contribution in [3.63, 3.8) is 0 Å². The molecular weight excluding hydrogens is 248 g/mol. The van der Waals surface area contributed by atoms with Gasteiger partial charge in [0, 0.05) is 0 Å². The van der Waals surface area contributed by atoms with E-state index in [0.717, 1.165) is 16.9 Å². The van der Waals surface area contributed by atoms with Crippen molar-refractivity contribution in [1.82, 2.24) is 0 Å². The van der Waals surface area contributed by atoms with Crippen LogP contribution in [0.2, 0.25) is 0 Å². The lowest BCUT2D eigenvalue weighted by molar-refractivity contribution is 0.415. The van der Waals surface area contributed by atoms with Gasteiger partial charge >= 0.3 is 0 Å². The van der Waals surface area contributed by atoms with Crippen molar-refractivity contribution in [2.45, 2.75) is 20.8 Å². The van der Waals surface area contributed by atoms with E-state index >= 15 is 0 Å². The van der Waals surface area contributed by atoms with Gasteiger partial charge < -0.3 is 10.5 Å². The molecule has 0 saturated heterocycles. The fraction of sp³-hybridized carbons (Fsp3) is 0.235. The van der Waals surface area contributed by atoms with Gasteiger partial charge in [0.2, 0.25) is 0 Å². The van der Waals surface area contributed by atoms with Crippen LogP contribution in [0.4, 0.5) is 0 Å². The number of hydrogen-bond donors (Lipinski definition) is 1. The molecule has 0 unspecified atom stereocenters. The van der Waals surface area contributed by atoms with Crippen molar-refractivity contribution < 1.29 is 4.74 Å². The van der Waals surface area contributed by atoms with Gasteiger partial charge in [0.15, 0.2) is 0 Å². The summed E-state index contributed by atoms with van der Waals surface area (Å²) in [5.74, 6) is 1.26. The summed E-state index contributed by atoms with van der Waals surface area (Å²) in [5, 5.41) is 0. The van der Waals surface area contributed by atoms with E-state index in [4.69, 9.17) is 10.5 Å². The number of methoxy groups -OCH3 is 1. The van der Waals surface area contributed by atoms with Gasteiger partial charge in [-0.2, -0.15) is 0 Å². The summed E-state index contributed by atoms with van der Waals surface area (Å²) < 4.78 is 5.19. The van der Waals surface area contributed by atoms with E-state index < -0.39 is 0 Å². The van der Waals surface area contributed by atoms with Crippen LogP contribution in [0.25, 0.3) is 5.57 Å². The lowest BCUT2D eigenvalue weighted by Crippen LogP contribution is -1.93. The Morgan fingerprint density at radius 2 is 1.75 bits per heavy atom. The topological polar surface area (TPSA) is 47.6 Å². The second-order valence-corrected chi connectivity index (χ2v) is 4.70. The number of rotatable bonds is 5. The van der Waals surface area contributed by atoms with Gasteiger partial charge in [0.1, 0.15) is 11.6 Å². The number of benzene rings is 1. The maximum absolute atomic E-state index is 5.63. The van der Waals surface area contributed by atoms with Gasteiger partial charge in [0.05, 0.1) is 7.11 Å². The van der Waals surface area contributed by atoms with E-state index in [1.807, 2.05) is 18.2 Å². The zero-order chi connectivity index (χ0) is 15.1. The van der Waals surface area contributed by atoms with Gasteiger partial charge in [-0.25, -0.2) is 4.99 Å². The molecule has 0 aliphatic rings. The fourth-order valence-electron chi connectivity index (χ4n) is 2.01. The Balaban J connectivity index is 3.19. The average Bonchev–Trinajstić information content (AvgIpc) is 2.45.